The van der Waals surface area contributed by atoms with Crippen molar-refractivity contribution in [2.24, 2.45) is 0 Å². The molecule has 4 nitrogen and oxygen atoms in total. The molecule has 24 heavy (non-hydrogen) atoms. The Morgan fingerprint density at radius 2 is 1.79 bits per heavy atom. The molecular weight excluding hydrogens is 387 g/mol. The maximum Gasteiger partial charge on any atom is 0.245 e. The second-order valence-corrected chi connectivity index (χ2v) is 10.0. The molecule has 0 amide bonds. The molecule has 0 bridgehead atoms. The van der Waals surface area contributed by atoms with Gasteiger partial charge in [-0.15, -0.1) is 11.3 Å². The van der Waals surface area contributed by atoms with Gasteiger partial charge in [0.1, 0.15) is 9.23 Å². The highest BCUT2D eigenvalue weighted by Crippen LogP contribution is 2.35. The number of halogens is 2. The second kappa shape index (κ2) is 7.72. The van der Waals surface area contributed by atoms with Crippen LogP contribution >= 0.6 is 34.5 Å². The highest BCUT2D eigenvalue weighted by Gasteiger charge is 2.32. The SMILES string of the molecule is O=S(=O)(c1cc(Cl)sc1Cl)N1CC[NH+](CCc2ccccc2)CC1. The first kappa shape index (κ1) is 18.2. The van der Waals surface area contributed by atoms with E-state index >= 15 is 0 Å². The van der Waals surface area contributed by atoms with Gasteiger partial charge in [-0.3, -0.25) is 0 Å². The van der Waals surface area contributed by atoms with Crippen molar-refractivity contribution >= 4 is 44.6 Å². The van der Waals surface area contributed by atoms with Gasteiger partial charge in [0.15, 0.2) is 0 Å². The first-order chi connectivity index (χ1) is 11.5. The van der Waals surface area contributed by atoms with Crippen molar-refractivity contribution in [2.45, 2.75) is 11.3 Å². The number of quaternary nitrogens is 1. The molecule has 1 N–H and O–H groups in total. The van der Waals surface area contributed by atoms with Crippen LogP contribution in [0.3, 0.4) is 0 Å². The van der Waals surface area contributed by atoms with Crippen molar-refractivity contribution in [2.75, 3.05) is 32.7 Å². The summed E-state index contributed by atoms with van der Waals surface area (Å²) in [4.78, 5) is 1.56. The summed E-state index contributed by atoms with van der Waals surface area (Å²) in [7, 11) is -3.55. The van der Waals surface area contributed by atoms with Gasteiger partial charge in [0, 0.05) is 6.42 Å². The van der Waals surface area contributed by atoms with Crippen molar-refractivity contribution < 1.29 is 13.3 Å². The molecule has 1 aliphatic rings. The Morgan fingerprint density at radius 1 is 1.12 bits per heavy atom. The van der Waals surface area contributed by atoms with E-state index in [1.165, 1.54) is 20.8 Å². The molecule has 130 valence electrons. The van der Waals surface area contributed by atoms with E-state index in [0.717, 1.165) is 37.4 Å². The molecule has 1 fully saturated rings. The number of benzene rings is 1. The molecule has 0 saturated carbocycles. The van der Waals surface area contributed by atoms with Crippen LogP contribution in [-0.4, -0.2) is 45.4 Å². The van der Waals surface area contributed by atoms with Crippen LogP contribution < -0.4 is 4.90 Å². The van der Waals surface area contributed by atoms with Gasteiger partial charge in [0.25, 0.3) is 0 Å². The van der Waals surface area contributed by atoms with E-state index in [-0.39, 0.29) is 9.23 Å². The summed E-state index contributed by atoms with van der Waals surface area (Å²) in [5, 5.41) is 0. The minimum Gasteiger partial charge on any atom is -0.332 e. The number of sulfonamides is 1. The highest BCUT2D eigenvalue weighted by molar-refractivity contribution is 7.89. The van der Waals surface area contributed by atoms with Crippen LogP contribution in [0.4, 0.5) is 0 Å². The summed E-state index contributed by atoms with van der Waals surface area (Å²) >= 11 is 13.0. The molecule has 0 radical (unpaired) electrons. The normalized spacial score (nSPS) is 17.2. The predicted molar refractivity (Wildman–Crippen MR) is 98.8 cm³/mol. The summed E-state index contributed by atoms with van der Waals surface area (Å²) in [5.74, 6) is 0. The third-order valence-electron chi connectivity index (χ3n) is 4.28. The van der Waals surface area contributed by atoms with E-state index in [1.54, 1.807) is 0 Å². The van der Waals surface area contributed by atoms with Crippen LogP contribution in [0.1, 0.15) is 5.56 Å². The van der Waals surface area contributed by atoms with Crippen molar-refractivity contribution in [1.82, 2.24) is 4.31 Å². The lowest BCUT2D eigenvalue weighted by Gasteiger charge is -2.31. The summed E-state index contributed by atoms with van der Waals surface area (Å²) in [6.07, 6.45) is 1.01. The quantitative estimate of drug-likeness (QED) is 0.827. The van der Waals surface area contributed by atoms with Gasteiger partial charge in [-0.25, -0.2) is 8.42 Å². The Hall–Kier alpha value is -0.630. The molecule has 1 aromatic heterocycles. The predicted octanol–water partition coefficient (Wildman–Crippen LogP) is 2.19. The van der Waals surface area contributed by atoms with E-state index in [0.29, 0.717) is 17.4 Å². The molecule has 0 unspecified atom stereocenters. The molecule has 0 atom stereocenters. The lowest BCUT2D eigenvalue weighted by atomic mass is 10.1. The number of nitrogens with one attached hydrogen (secondary N) is 1. The number of piperazine rings is 1. The lowest BCUT2D eigenvalue weighted by molar-refractivity contribution is -0.903. The van der Waals surface area contributed by atoms with E-state index in [1.807, 2.05) is 18.2 Å². The Labute approximate surface area is 156 Å². The van der Waals surface area contributed by atoms with E-state index in [9.17, 15) is 8.42 Å². The van der Waals surface area contributed by atoms with E-state index in [2.05, 4.69) is 12.1 Å². The van der Waals surface area contributed by atoms with Crippen LogP contribution in [0.15, 0.2) is 41.3 Å². The van der Waals surface area contributed by atoms with E-state index < -0.39 is 10.0 Å². The molecule has 0 spiro atoms. The summed E-state index contributed by atoms with van der Waals surface area (Å²) in [5.41, 5.74) is 1.32. The molecule has 1 aromatic carbocycles. The van der Waals surface area contributed by atoms with Gasteiger partial charge in [-0.1, -0.05) is 53.5 Å². The van der Waals surface area contributed by atoms with Gasteiger partial charge >= 0.3 is 0 Å². The van der Waals surface area contributed by atoms with Crippen LogP contribution in [0.2, 0.25) is 8.67 Å². The minimum atomic E-state index is -3.55. The third-order valence-corrected chi connectivity index (χ3v) is 7.93. The second-order valence-electron chi connectivity index (χ2n) is 5.83. The number of hydrogen-bond donors (Lipinski definition) is 1. The first-order valence-corrected chi connectivity index (χ1v) is 10.8. The molecular formula is C16H19Cl2N2O2S2+. The highest BCUT2D eigenvalue weighted by atomic mass is 35.5. The summed E-state index contributed by atoms with van der Waals surface area (Å²) < 4.78 is 27.5. The minimum absolute atomic E-state index is 0.131. The zero-order chi connectivity index (χ0) is 17.2. The Bertz CT molecular complexity index is 786. The van der Waals surface area contributed by atoms with E-state index in [4.69, 9.17) is 23.2 Å². The topological polar surface area (TPSA) is 41.8 Å². The van der Waals surface area contributed by atoms with Crippen molar-refractivity contribution in [1.29, 1.82) is 0 Å². The molecule has 1 aliphatic heterocycles. The molecule has 2 heterocycles. The van der Waals surface area contributed by atoms with Gasteiger partial charge in [-0.2, -0.15) is 4.31 Å². The van der Waals surface area contributed by atoms with Crippen LogP contribution in [0, 0.1) is 0 Å². The zero-order valence-electron chi connectivity index (χ0n) is 13.0. The average Bonchev–Trinajstić information content (AvgIpc) is 2.93. The van der Waals surface area contributed by atoms with Gasteiger partial charge in [0.05, 0.1) is 37.1 Å². The molecule has 8 heteroatoms. The van der Waals surface area contributed by atoms with Crippen LogP contribution in [0.25, 0.3) is 0 Å². The van der Waals surface area contributed by atoms with Crippen molar-refractivity contribution in [3.05, 3.63) is 50.6 Å². The van der Waals surface area contributed by atoms with Crippen molar-refractivity contribution in [3.63, 3.8) is 0 Å². The average molecular weight is 406 g/mol. The summed E-state index contributed by atoms with van der Waals surface area (Å²) in [6.45, 7) is 3.65. The fraction of sp³-hybridized carbons (Fsp3) is 0.375. The smallest absolute Gasteiger partial charge is 0.245 e. The first-order valence-electron chi connectivity index (χ1n) is 7.79. The molecule has 1 saturated heterocycles. The fourth-order valence-electron chi connectivity index (χ4n) is 2.90. The fourth-order valence-corrected chi connectivity index (χ4v) is 6.45. The Morgan fingerprint density at radius 3 is 2.38 bits per heavy atom. The largest absolute Gasteiger partial charge is 0.332 e. The Balaban J connectivity index is 1.57. The molecule has 0 aliphatic carbocycles. The van der Waals surface area contributed by atoms with Gasteiger partial charge in [0.2, 0.25) is 10.0 Å². The van der Waals surface area contributed by atoms with Gasteiger partial charge < -0.3 is 4.90 Å². The number of thiophene rings is 1. The van der Waals surface area contributed by atoms with Crippen LogP contribution in [0.5, 0.6) is 0 Å². The number of nitrogens with zero attached hydrogens (tertiary/aromatic N) is 1. The standard InChI is InChI=1S/C16H18Cl2N2O2S2/c17-15-12-14(16(18)23-15)24(21,22)20-10-8-19(9-11-20)7-6-13-4-2-1-3-5-13/h1-5,12H,6-11H2/p+1. The number of hydrogen-bond acceptors (Lipinski definition) is 3. The maximum absolute atomic E-state index is 12.7. The monoisotopic (exact) mass is 405 g/mol. The number of rotatable bonds is 5. The summed E-state index contributed by atoms with van der Waals surface area (Å²) in [6, 6.07) is 11.8. The van der Waals surface area contributed by atoms with Crippen LogP contribution in [-0.2, 0) is 16.4 Å². The molecule has 2 aromatic rings. The third kappa shape index (κ3) is 4.12. The van der Waals surface area contributed by atoms with Gasteiger partial charge in [-0.05, 0) is 11.6 Å². The Kier molecular flexibility index (Phi) is 5.85. The lowest BCUT2D eigenvalue weighted by Crippen LogP contribution is -3.15. The van der Waals surface area contributed by atoms with Crippen molar-refractivity contribution in [3.8, 4) is 0 Å². The zero-order valence-corrected chi connectivity index (χ0v) is 16.2. The molecule has 3 rings (SSSR count). The maximum atomic E-state index is 12.7.